The highest BCUT2D eigenvalue weighted by molar-refractivity contribution is 6.30. The zero-order chi connectivity index (χ0) is 17.3. The number of ketones is 1. The smallest absolute Gasteiger partial charge is 0.262 e. The van der Waals surface area contributed by atoms with Crippen LogP contribution < -0.4 is 5.56 Å². The van der Waals surface area contributed by atoms with E-state index < -0.39 is 0 Å². The van der Waals surface area contributed by atoms with Crippen molar-refractivity contribution in [3.63, 3.8) is 0 Å². The van der Waals surface area contributed by atoms with E-state index in [9.17, 15) is 9.59 Å². The van der Waals surface area contributed by atoms with Gasteiger partial charge >= 0.3 is 0 Å². The molecule has 1 aromatic heterocycles. The van der Waals surface area contributed by atoms with E-state index in [0.29, 0.717) is 16.1 Å². The SMILES string of the molecule is Cc1cc(-c2ccccc2)c(C(=O)c2ccc(Cl)cc2)c(=O)n1C. The van der Waals surface area contributed by atoms with Crippen LogP contribution in [0.15, 0.2) is 65.5 Å². The summed E-state index contributed by atoms with van der Waals surface area (Å²) in [5.41, 5.74) is 2.61. The number of nitrogens with zero attached hydrogens (tertiary/aromatic N) is 1. The first-order valence-corrected chi connectivity index (χ1v) is 7.93. The van der Waals surface area contributed by atoms with Crippen LogP contribution in [-0.4, -0.2) is 10.4 Å². The maximum absolute atomic E-state index is 13.0. The fourth-order valence-electron chi connectivity index (χ4n) is 2.63. The van der Waals surface area contributed by atoms with Gasteiger partial charge in [-0.15, -0.1) is 0 Å². The van der Waals surface area contributed by atoms with Crippen LogP contribution in [0.3, 0.4) is 0 Å². The van der Waals surface area contributed by atoms with Crippen LogP contribution in [0.25, 0.3) is 11.1 Å². The summed E-state index contributed by atoms with van der Waals surface area (Å²) < 4.78 is 1.50. The lowest BCUT2D eigenvalue weighted by atomic mass is 9.94. The summed E-state index contributed by atoms with van der Waals surface area (Å²) in [6.45, 7) is 1.85. The Morgan fingerprint density at radius 2 is 1.62 bits per heavy atom. The maximum atomic E-state index is 13.0. The Labute approximate surface area is 145 Å². The summed E-state index contributed by atoms with van der Waals surface area (Å²) in [5, 5.41) is 0.548. The number of aryl methyl sites for hydroxylation is 1. The van der Waals surface area contributed by atoms with Crippen LogP contribution in [0.2, 0.25) is 5.02 Å². The molecule has 0 aliphatic heterocycles. The van der Waals surface area contributed by atoms with Gasteiger partial charge in [-0.2, -0.15) is 0 Å². The molecule has 0 amide bonds. The summed E-state index contributed by atoms with van der Waals surface area (Å²) in [5.74, 6) is -0.300. The molecule has 0 atom stereocenters. The molecule has 0 unspecified atom stereocenters. The monoisotopic (exact) mass is 337 g/mol. The van der Waals surface area contributed by atoms with Crippen molar-refractivity contribution in [1.29, 1.82) is 0 Å². The Morgan fingerprint density at radius 1 is 1.00 bits per heavy atom. The van der Waals surface area contributed by atoms with Crippen LogP contribution in [0.1, 0.15) is 21.6 Å². The predicted molar refractivity (Wildman–Crippen MR) is 96.7 cm³/mol. The molecule has 120 valence electrons. The molecular formula is C20H16ClNO2. The first-order chi connectivity index (χ1) is 11.5. The van der Waals surface area contributed by atoms with Gasteiger partial charge in [0.1, 0.15) is 0 Å². The number of halogens is 1. The van der Waals surface area contributed by atoms with Crippen molar-refractivity contribution < 1.29 is 4.79 Å². The second-order valence-corrected chi connectivity index (χ2v) is 6.08. The molecule has 0 spiro atoms. The van der Waals surface area contributed by atoms with E-state index in [-0.39, 0.29) is 16.9 Å². The maximum Gasteiger partial charge on any atom is 0.262 e. The van der Waals surface area contributed by atoms with Crippen molar-refractivity contribution in [2.24, 2.45) is 7.05 Å². The number of rotatable bonds is 3. The van der Waals surface area contributed by atoms with E-state index in [2.05, 4.69) is 0 Å². The Hall–Kier alpha value is -2.65. The van der Waals surface area contributed by atoms with E-state index in [1.165, 1.54) is 4.57 Å². The average Bonchev–Trinajstić information content (AvgIpc) is 2.60. The molecule has 0 radical (unpaired) electrons. The number of aromatic nitrogens is 1. The van der Waals surface area contributed by atoms with Crippen molar-refractivity contribution in [3.05, 3.63) is 92.9 Å². The molecule has 4 heteroatoms. The minimum Gasteiger partial charge on any atom is -0.315 e. The molecular weight excluding hydrogens is 322 g/mol. The molecule has 24 heavy (non-hydrogen) atoms. The van der Waals surface area contributed by atoms with E-state index in [1.54, 1.807) is 31.3 Å². The molecule has 0 aliphatic rings. The van der Waals surface area contributed by atoms with Gasteiger partial charge in [0.25, 0.3) is 5.56 Å². The topological polar surface area (TPSA) is 39.1 Å². The van der Waals surface area contributed by atoms with E-state index >= 15 is 0 Å². The Kier molecular flexibility index (Phi) is 4.36. The second-order valence-electron chi connectivity index (χ2n) is 5.64. The number of benzene rings is 2. The summed E-state index contributed by atoms with van der Waals surface area (Å²) >= 11 is 5.89. The average molecular weight is 338 g/mol. The summed E-state index contributed by atoms with van der Waals surface area (Å²) in [6, 6.07) is 17.9. The zero-order valence-corrected chi connectivity index (χ0v) is 14.2. The number of hydrogen-bond donors (Lipinski definition) is 0. The number of carbonyl (C=O) groups is 1. The van der Waals surface area contributed by atoms with Crippen LogP contribution >= 0.6 is 11.6 Å². The minimum absolute atomic E-state index is 0.177. The predicted octanol–water partition coefficient (Wildman–Crippen LogP) is 4.25. The molecule has 0 fully saturated rings. The normalized spacial score (nSPS) is 10.6. The summed E-state index contributed by atoms with van der Waals surface area (Å²) in [4.78, 5) is 25.8. The molecule has 0 bridgehead atoms. The standard InChI is InChI=1S/C20H16ClNO2/c1-13-12-17(14-6-4-3-5-7-14)18(20(24)22(13)2)19(23)15-8-10-16(21)11-9-15/h3-12H,1-2H3. The van der Waals surface area contributed by atoms with E-state index in [1.807, 2.05) is 43.3 Å². The third-order valence-corrected chi connectivity index (χ3v) is 4.34. The second kappa shape index (κ2) is 6.46. The van der Waals surface area contributed by atoms with E-state index in [4.69, 9.17) is 11.6 Å². The highest BCUT2D eigenvalue weighted by atomic mass is 35.5. The molecule has 3 nitrogen and oxygen atoms in total. The van der Waals surface area contributed by atoms with Crippen molar-refractivity contribution in [2.75, 3.05) is 0 Å². The van der Waals surface area contributed by atoms with Gasteiger partial charge in [-0.3, -0.25) is 9.59 Å². The fourth-order valence-corrected chi connectivity index (χ4v) is 2.76. The quantitative estimate of drug-likeness (QED) is 0.670. The molecule has 1 heterocycles. The Morgan fingerprint density at radius 3 is 2.25 bits per heavy atom. The lowest BCUT2D eigenvalue weighted by Crippen LogP contribution is -2.27. The van der Waals surface area contributed by atoms with Gasteiger partial charge in [-0.1, -0.05) is 41.9 Å². The van der Waals surface area contributed by atoms with Gasteiger partial charge in [0.15, 0.2) is 5.78 Å². The summed E-state index contributed by atoms with van der Waals surface area (Å²) in [7, 11) is 1.67. The van der Waals surface area contributed by atoms with Gasteiger partial charge < -0.3 is 4.57 Å². The van der Waals surface area contributed by atoms with Crippen LogP contribution in [0, 0.1) is 6.92 Å². The van der Waals surface area contributed by atoms with Crippen molar-refractivity contribution in [2.45, 2.75) is 6.92 Å². The molecule has 3 aromatic rings. The van der Waals surface area contributed by atoms with Crippen LogP contribution in [0.5, 0.6) is 0 Å². The molecule has 0 N–H and O–H groups in total. The number of pyridine rings is 1. The summed E-state index contributed by atoms with van der Waals surface area (Å²) in [6.07, 6.45) is 0. The van der Waals surface area contributed by atoms with Gasteiger partial charge in [0.2, 0.25) is 0 Å². The van der Waals surface area contributed by atoms with Gasteiger partial charge in [0, 0.05) is 28.9 Å². The van der Waals surface area contributed by atoms with Gasteiger partial charge in [-0.05, 0) is 42.8 Å². The largest absolute Gasteiger partial charge is 0.315 e. The van der Waals surface area contributed by atoms with Gasteiger partial charge in [-0.25, -0.2) is 0 Å². The van der Waals surface area contributed by atoms with Crippen molar-refractivity contribution >= 4 is 17.4 Å². The molecule has 0 aliphatic carbocycles. The van der Waals surface area contributed by atoms with Crippen LogP contribution in [-0.2, 0) is 7.05 Å². The molecule has 3 rings (SSSR count). The highest BCUT2D eigenvalue weighted by Crippen LogP contribution is 2.25. The third-order valence-electron chi connectivity index (χ3n) is 4.09. The lowest BCUT2D eigenvalue weighted by Gasteiger charge is -2.13. The van der Waals surface area contributed by atoms with Crippen molar-refractivity contribution in [3.8, 4) is 11.1 Å². The minimum atomic E-state index is -0.300. The first-order valence-electron chi connectivity index (χ1n) is 7.55. The molecule has 0 saturated carbocycles. The Bertz CT molecular complexity index is 957. The Balaban J connectivity index is 2.26. The first kappa shape index (κ1) is 16.2. The van der Waals surface area contributed by atoms with E-state index in [0.717, 1.165) is 11.3 Å². The fraction of sp³-hybridized carbons (Fsp3) is 0.100. The lowest BCUT2D eigenvalue weighted by molar-refractivity contribution is 0.103. The zero-order valence-electron chi connectivity index (χ0n) is 13.4. The van der Waals surface area contributed by atoms with Crippen molar-refractivity contribution in [1.82, 2.24) is 4.57 Å². The van der Waals surface area contributed by atoms with Crippen LogP contribution in [0.4, 0.5) is 0 Å². The molecule has 2 aromatic carbocycles. The van der Waals surface area contributed by atoms with Gasteiger partial charge in [0.05, 0.1) is 5.56 Å². The molecule has 0 saturated heterocycles. The number of carbonyl (C=O) groups excluding carboxylic acids is 1. The third kappa shape index (κ3) is 2.91. The number of hydrogen-bond acceptors (Lipinski definition) is 2. The highest BCUT2D eigenvalue weighted by Gasteiger charge is 2.21.